The SMILES string of the molecule is O=C([O-])c1ccc(N(C23CC4CC(CC(C4)C2)C3)C23CC4CC(CC(C4)C2)C3)cc1. The molecule has 8 saturated carbocycles. The third kappa shape index (κ3) is 2.53. The summed E-state index contributed by atoms with van der Waals surface area (Å²) in [5, 5.41) is 11.4. The van der Waals surface area contributed by atoms with Gasteiger partial charge in [-0.2, -0.15) is 0 Å². The van der Waals surface area contributed by atoms with Crippen LogP contribution in [0.25, 0.3) is 0 Å². The second kappa shape index (κ2) is 6.04. The van der Waals surface area contributed by atoms with Gasteiger partial charge >= 0.3 is 0 Å². The Kier molecular flexibility index (Phi) is 3.65. The maximum atomic E-state index is 11.4. The summed E-state index contributed by atoms with van der Waals surface area (Å²) in [6.07, 6.45) is 17.1. The van der Waals surface area contributed by atoms with Crippen molar-refractivity contribution < 1.29 is 9.90 Å². The maximum Gasteiger partial charge on any atom is 0.0715 e. The van der Waals surface area contributed by atoms with Crippen molar-refractivity contribution in [1.82, 2.24) is 0 Å². The lowest BCUT2D eigenvalue weighted by Crippen LogP contribution is -2.70. The first-order valence-corrected chi connectivity index (χ1v) is 12.6. The minimum absolute atomic E-state index is 0.315. The van der Waals surface area contributed by atoms with Crippen LogP contribution in [0, 0.1) is 35.5 Å². The van der Waals surface area contributed by atoms with Crippen molar-refractivity contribution in [3.8, 4) is 0 Å². The van der Waals surface area contributed by atoms with Crippen LogP contribution in [0.3, 0.4) is 0 Å². The third-order valence-electron chi connectivity index (χ3n) is 10.3. The van der Waals surface area contributed by atoms with Gasteiger partial charge in [0.25, 0.3) is 0 Å². The third-order valence-corrected chi connectivity index (χ3v) is 10.3. The second-order valence-corrected chi connectivity index (χ2v) is 12.5. The molecule has 160 valence electrons. The van der Waals surface area contributed by atoms with Gasteiger partial charge in [0.1, 0.15) is 0 Å². The molecule has 8 fully saturated rings. The molecule has 0 saturated heterocycles. The van der Waals surface area contributed by atoms with Crippen LogP contribution in [0.5, 0.6) is 0 Å². The number of benzene rings is 1. The van der Waals surface area contributed by atoms with Crippen molar-refractivity contribution in [2.75, 3.05) is 4.90 Å². The summed E-state index contributed by atoms with van der Waals surface area (Å²) in [7, 11) is 0. The molecule has 0 spiro atoms. The smallest absolute Gasteiger partial charge is 0.0715 e. The molecule has 8 aliphatic rings. The first-order chi connectivity index (χ1) is 14.5. The number of carbonyl (C=O) groups excluding carboxylic acids is 1. The number of anilines is 1. The molecule has 0 N–H and O–H groups in total. The molecule has 30 heavy (non-hydrogen) atoms. The van der Waals surface area contributed by atoms with Crippen LogP contribution in [0.2, 0.25) is 0 Å². The van der Waals surface area contributed by atoms with Gasteiger partial charge in [0.05, 0.1) is 5.97 Å². The highest BCUT2D eigenvalue weighted by Gasteiger charge is 2.61. The molecule has 3 nitrogen and oxygen atoms in total. The van der Waals surface area contributed by atoms with E-state index in [1.54, 1.807) is 12.1 Å². The Morgan fingerprint density at radius 3 is 1.30 bits per heavy atom. The van der Waals surface area contributed by atoms with Crippen LogP contribution in [0.15, 0.2) is 24.3 Å². The van der Waals surface area contributed by atoms with Crippen molar-refractivity contribution in [3.05, 3.63) is 29.8 Å². The van der Waals surface area contributed by atoms with Gasteiger partial charge in [-0.1, -0.05) is 12.1 Å². The highest BCUT2D eigenvalue weighted by Crippen LogP contribution is 2.65. The average Bonchev–Trinajstić information content (AvgIpc) is 2.66. The fourth-order valence-electron chi connectivity index (χ4n) is 10.5. The van der Waals surface area contributed by atoms with Gasteiger partial charge in [0.15, 0.2) is 0 Å². The largest absolute Gasteiger partial charge is 0.545 e. The van der Waals surface area contributed by atoms with E-state index in [2.05, 4.69) is 17.0 Å². The highest BCUT2D eigenvalue weighted by molar-refractivity contribution is 5.86. The number of hydrogen-bond acceptors (Lipinski definition) is 3. The number of carbonyl (C=O) groups is 1. The zero-order chi connectivity index (χ0) is 20.1. The summed E-state index contributed by atoms with van der Waals surface area (Å²) in [6.45, 7) is 0. The Morgan fingerprint density at radius 2 is 1.00 bits per heavy atom. The van der Waals surface area contributed by atoms with E-state index in [4.69, 9.17) is 0 Å². The monoisotopic (exact) mass is 404 g/mol. The molecule has 1 aromatic carbocycles. The van der Waals surface area contributed by atoms with Crippen LogP contribution in [-0.4, -0.2) is 17.0 Å². The standard InChI is InChI=1S/C27H35NO2/c29-25(30)23-1-3-24(4-2-23)28(26-11-17-5-18(12-26)7-19(6-17)13-26)27-14-20-8-21(15-27)10-22(9-20)16-27/h1-4,17-22H,5-16H2,(H,29,30)/p-1. The van der Waals surface area contributed by atoms with Crippen LogP contribution in [0.4, 0.5) is 5.69 Å². The molecule has 8 bridgehead atoms. The molecule has 8 aliphatic carbocycles. The van der Waals surface area contributed by atoms with Crippen molar-refractivity contribution in [1.29, 1.82) is 0 Å². The van der Waals surface area contributed by atoms with Gasteiger partial charge in [0, 0.05) is 16.8 Å². The highest BCUT2D eigenvalue weighted by atomic mass is 16.4. The lowest BCUT2D eigenvalue weighted by molar-refractivity contribution is -0.255. The number of aromatic carboxylic acids is 1. The molecule has 0 atom stereocenters. The van der Waals surface area contributed by atoms with Crippen molar-refractivity contribution in [2.45, 2.75) is 88.1 Å². The molecule has 0 aliphatic heterocycles. The van der Waals surface area contributed by atoms with Crippen molar-refractivity contribution in [2.24, 2.45) is 35.5 Å². The van der Waals surface area contributed by atoms with E-state index in [1.807, 2.05) is 0 Å². The van der Waals surface area contributed by atoms with Crippen LogP contribution in [-0.2, 0) is 0 Å². The fraction of sp³-hybridized carbons (Fsp3) is 0.741. The van der Waals surface area contributed by atoms with E-state index in [0.29, 0.717) is 16.6 Å². The predicted octanol–water partition coefficient (Wildman–Crippen LogP) is 4.79. The van der Waals surface area contributed by atoms with E-state index >= 15 is 0 Å². The zero-order valence-electron chi connectivity index (χ0n) is 18.0. The minimum atomic E-state index is -1.06. The Hall–Kier alpha value is -1.51. The maximum absolute atomic E-state index is 11.4. The molecule has 9 rings (SSSR count). The molecular weight excluding hydrogens is 370 g/mol. The first-order valence-electron chi connectivity index (χ1n) is 12.6. The summed E-state index contributed by atoms with van der Waals surface area (Å²) < 4.78 is 0. The van der Waals surface area contributed by atoms with Crippen molar-refractivity contribution in [3.63, 3.8) is 0 Å². The van der Waals surface area contributed by atoms with Gasteiger partial charge in [-0.15, -0.1) is 0 Å². The summed E-state index contributed by atoms with van der Waals surface area (Å²) in [5.41, 5.74) is 2.27. The topological polar surface area (TPSA) is 43.4 Å². The van der Waals surface area contributed by atoms with Crippen LogP contribution >= 0.6 is 0 Å². The Labute approximate surface area is 180 Å². The number of carboxylic acid groups (broad SMARTS) is 1. The summed E-state index contributed by atoms with van der Waals surface area (Å²) in [5.74, 6) is 4.50. The molecule has 1 aromatic rings. The molecule has 3 heteroatoms. The van der Waals surface area contributed by atoms with Crippen molar-refractivity contribution >= 4 is 11.7 Å². The van der Waals surface area contributed by atoms with Gasteiger partial charge in [0.2, 0.25) is 0 Å². The Bertz CT molecular complexity index is 757. The Balaban J connectivity index is 1.35. The van der Waals surface area contributed by atoms with Gasteiger partial charge in [-0.25, -0.2) is 0 Å². The summed E-state index contributed by atoms with van der Waals surface area (Å²) in [4.78, 5) is 14.4. The van der Waals surface area contributed by atoms with E-state index in [1.165, 1.54) is 82.7 Å². The number of carboxylic acids is 1. The molecular formula is C27H34NO2-. The van der Waals surface area contributed by atoms with E-state index in [9.17, 15) is 9.90 Å². The molecule has 0 unspecified atom stereocenters. The normalized spacial score (nSPS) is 47.6. The lowest BCUT2D eigenvalue weighted by atomic mass is 9.48. The molecule has 0 amide bonds. The quantitative estimate of drug-likeness (QED) is 0.724. The minimum Gasteiger partial charge on any atom is -0.545 e. The number of rotatable bonds is 4. The summed E-state index contributed by atoms with van der Waals surface area (Å²) in [6, 6.07) is 7.86. The van der Waals surface area contributed by atoms with E-state index < -0.39 is 5.97 Å². The molecule has 0 radical (unpaired) electrons. The van der Waals surface area contributed by atoms with E-state index in [0.717, 1.165) is 35.5 Å². The predicted molar refractivity (Wildman–Crippen MR) is 115 cm³/mol. The lowest BCUT2D eigenvalue weighted by Gasteiger charge is -2.69. The fourth-order valence-corrected chi connectivity index (χ4v) is 10.5. The first kappa shape index (κ1) is 18.1. The van der Waals surface area contributed by atoms with Crippen LogP contribution in [0.1, 0.15) is 87.4 Å². The van der Waals surface area contributed by atoms with Gasteiger partial charge in [-0.05, 0) is 130 Å². The molecule has 0 aromatic heterocycles. The second-order valence-electron chi connectivity index (χ2n) is 12.5. The number of hydrogen-bond donors (Lipinski definition) is 0. The molecule has 0 heterocycles. The van der Waals surface area contributed by atoms with E-state index in [-0.39, 0.29) is 0 Å². The zero-order valence-corrected chi connectivity index (χ0v) is 18.0. The van der Waals surface area contributed by atoms with Gasteiger partial charge in [-0.3, -0.25) is 0 Å². The summed E-state index contributed by atoms with van der Waals surface area (Å²) >= 11 is 0. The number of nitrogens with zero attached hydrogens (tertiary/aromatic N) is 1. The van der Waals surface area contributed by atoms with Crippen LogP contribution < -0.4 is 10.0 Å². The Morgan fingerprint density at radius 1 is 0.667 bits per heavy atom. The van der Waals surface area contributed by atoms with Gasteiger partial charge < -0.3 is 14.8 Å². The average molecular weight is 405 g/mol.